The van der Waals surface area contributed by atoms with Crippen molar-refractivity contribution in [1.82, 2.24) is 66.7 Å². The predicted molar refractivity (Wildman–Crippen MR) is 537 cm³/mol. The molecular formula is C99H167N17O31. The fourth-order valence-electron chi connectivity index (χ4n) is 17.0. The fourth-order valence-corrected chi connectivity index (χ4v) is 17.0. The number of unbranched alkanes of at least 4 members (excludes halogenated alkanes) is 3. The molecule has 0 spiro atoms. The number of methoxy groups -OCH3 is 2. The largest absolute Gasteiger partial charge is 0.445 e. The molecule has 25 N–H and O–H groups in total. The maximum absolute atomic E-state index is 15.0. The number of anilines is 1. The third-order valence-electron chi connectivity index (χ3n) is 25.7. The van der Waals surface area contributed by atoms with Crippen molar-refractivity contribution >= 4 is 82.8 Å². The van der Waals surface area contributed by atoms with E-state index in [0.717, 1.165) is 14.8 Å². The number of urea groups is 1. The molecule has 0 unspecified atom stereocenters. The van der Waals surface area contributed by atoms with Gasteiger partial charge in [-0.15, -0.1) is 0 Å². The van der Waals surface area contributed by atoms with E-state index >= 15 is 0 Å². The van der Waals surface area contributed by atoms with Gasteiger partial charge in [0.05, 0.1) is 133 Å². The monoisotopic (exact) mass is 2090 g/mol. The van der Waals surface area contributed by atoms with Crippen molar-refractivity contribution in [1.29, 1.82) is 0 Å². The topological polar surface area (TPSA) is 703 Å². The molecule has 0 bridgehead atoms. The molecule has 0 saturated carbocycles. The van der Waals surface area contributed by atoms with Crippen molar-refractivity contribution in [3.05, 3.63) is 89.8 Å². The smallest absolute Gasteiger partial charge is 0.410 e. The van der Waals surface area contributed by atoms with Gasteiger partial charge in [0, 0.05) is 105 Å². The number of ether oxygens (including phenoxy) is 7. The number of primary amides is 1. The Kier molecular flexibility index (Phi) is 60.0. The molecule has 48 nitrogen and oxygen atoms in total. The number of imide groups is 1. The first-order chi connectivity index (χ1) is 69.7. The van der Waals surface area contributed by atoms with E-state index in [4.69, 9.17) is 60.7 Å². The molecule has 2 aromatic rings. The first kappa shape index (κ1) is 129. The van der Waals surface area contributed by atoms with Crippen LogP contribution < -0.4 is 59.8 Å². The minimum absolute atomic E-state index is 0.00846. The number of nitrogens with zero attached hydrogens (tertiary/aromatic N) is 6. The summed E-state index contributed by atoms with van der Waals surface area (Å²) in [5.41, 5.74) is 13.0. The number of carbonyl (C=O) groups excluding carboxylic acids is 13. The molecule has 48 heteroatoms. The van der Waals surface area contributed by atoms with Crippen LogP contribution in [0, 0.1) is 29.6 Å². The second kappa shape index (κ2) is 68.4. The molecule has 2 aliphatic heterocycles. The maximum atomic E-state index is 15.0. The molecule has 834 valence electrons. The van der Waals surface area contributed by atoms with Gasteiger partial charge in [0.1, 0.15) is 80.0 Å². The van der Waals surface area contributed by atoms with E-state index in [1.54, 1.807) is 104 Å². The van der Waals surface area contributed by atoms with Crippen molar-refractivity contribution in [2.75, 3.05) is 152 Å². The van der Waals surface area contributed by atoms with Gasteiger partial charge in [-0.3, -0.25) is 67.4 Å². The Bertz CT molecular complexity index is 4330. The summed E-state index contributed by atoms with van der Waals surface area (Å²) in [7, 11) is 5.99. The number of amides is 14. The van der Waals surface area contributed by atoms with E-state index in [2.05, 4.69) is 42.5 Å². The van der Waals surface area contributed by atoms with Gasteiger partial charge in [0.2, 0.25) is 53.2 Å². The SMILES string of the molecule is CC[C@H](C)[C@@H]([C@@H](CC(=O)N1CCC[C@H]1[C@H](OC)[C@@H](C)C(=O)N[C@H](C)[C@@H](O)c1ccccc1)OC)N(C)C(=O)[C@@H](NC(=O)[C@H](C(C)C)N(C)C(=O)OCc1ccc(NC(=O)[C@H](CCCNC(N)=O)NC(=O)[C@@H](NC(=O)[C@H](CCCCNC(=O)CN(N)/C=C(\N)COCCOCCOCCOCCN(C[C@H](O)[C@@H](O)[C@H](O)[C@H](O)CO)C[C@H](O)[C@@H](O)[C@H](O)[C@H](O)CO)NC(=O)CCCCCN2C(=O)C=CC2=O)C(C)C)cc1)C(C)C. The number of likely N-dealkylation sites (tertiary alicyclic amines) is 1. The fraction of sp³-hybridized carbons (Fsp3) is 0.707. The summed E-state index contributed by atoms with van der Waals surface area (Å²) >= 11 is 0. The zero-order valence-corrected chi connectivity index (χ0v) is 87.4. The van der Waals surface area contributed by atoms with Crippen molar-refractivity contribution < 1.29 is 152 Å². The quantitative estimate of drug-likeness (QED) is 0.0136. The Morgan fingerprint density at radius 2 is 1.12 bits per heavy atom. The molecule has 1 saturated heterocycles. The van der Waals surface area contributed by atoms with Crippen molar-refractivity contribution in [2.45, 2.75) is 275 Å². The normalized spacial score (nSPS) is 17.5. The van der Waals surface area contributed by atoms with E-state index in [9.17, 15) is 108 Å². The van der Waals surface area contributed by atoms with Crippen molar-refractivity contribution in [3.8, 4) is 0 Å². The Morgan fingerprint density at radius 1 is 0.565 bits per heavy atom. The predicted octanol–water partition coefficient (Wildman–Crippen LogP) is -2.94. The van der Waals surface area contributed by atoms with E-state index < -0.39 is 231 Å². The lowest BCUT2D eigenvalue weighted by molar-refractivity contribution is -0.148. The lowest BCUT2D eigenvalue weighted by Crippen LogP contribution is -2.60. The second-order valence-corrected chi connectivity index (χ2v) is 38.3. The van der Waals surface area contributed by atoms with Crippen LogP contribution in [0.5, 0.6) is 0 Å². The number of nitrogens with one attached hydrogen (secondary N) is 8. The van der Waals surface area contributed by atoms with Gasteiger partial charge in [-0.2, -0.15) is 0 Å². The molecular weight excluding hydrogens is 1920 g/mol. The lowest BCUT2D eigenvalue weighted by Gasteiger charge is -2.41. The third kappa shape index (κ3) is 44.8. The van der Waals surface area contributed by atoms with E-state index in [-0.39, 0.29) is 160 Å². The number of hydrogen-bond acceptors (Lipinski definition) is 35. The van der Waals surface area contributed by atoms with Crippen LogP contribution >= 0.6 is 0 Å². The summed E-state index contributed by atoms with van der Waals surface area (Å²) in [5.74, 6) is -2.32. The summed E-state index contributed by atoms with van der Waals surface area (Å²) in [5, 5.41) is 134. The first-order valence-electron chi connectivity index (χ1n) is 50.3. The van der Waals surface area contributed by atoms with Gasteiger partial charge in [0.15, 0.2) is 0 Å². The Balaban J connectivity index is 1.33. The summed E-state index contributed by atoms with van der Waals surface area (Å²) in [6, 6.07) is 6.45. The number of hydrazine groups is 1. The Labute approximate surface area is 860 Å². The van der Waals surface area contributed by atoms with Gasteiger partial charge in [-0.25, -0.2) is 15.4 Å². The number of nitrogens with two attached hydrogens (primary N) is 3. The molecule has 4 rings (SSSR count). The van der Waals surface area contributed by atoms with Crippen LogP contribution in [0.1, 0.15) is 170 Å². The Hall–Kier alpha value is -10.3. The highest BCUT2D eigenvalue weighted by molar-refractivity contribution is 6.13. The van der Waals surface area contributed by atoms with E-state index in [0.29, 0.717) is 62.6 Å². The summed E-state index contributed by atoms with van der Waals surface area (Å²) < 4.78 is 40.0. The van der Waals surface area contributed by atoms with Gasteiger partial charge in [-0.1, -0.05) is 118 Å². The average molecular weight is 2090 g/mol. The molecule has 0 aromatic heterocycles. The number of aliphatic hydroxyl groups excluding tert-OH is 11. The zero-order chi connectivity index (χ0) is 110. The van der Waals surface area contributed by atoms with Crippen LogP contribution in [0.3, 0.4) is 0 Å². The van der Waals surface area contributed by atoms with Crippen LogP contribution in [0.2, 0.25) is 0 Å². The number of likely N-dealkylation sites (N-methyl/N-ethyl adjacent to an activating group) is 2. The molecule has 2 heterocycles. The average Bonchev–Trinajstić information content (AvgIpc) is 1.74. The summed E-state index contributed by atoms with van der Waals surface area (Å²) in [6.07, 6.45) is -11.2. The number of benzene rings is 2. The van der Waals surface area contributed by atoms with Crippen LogP contribution in [-0.2, 0) is 92.5 Å². The van der Waals surface area contributed by atoms with Gasteiger partial charge in [-0.05, 0) is 112 Å². The highest BCUT2D eigenvalue weighted by Crippen LogP contribution is 2.32. The number of carbonyl (C=O) groups is 13. The zero-order valence-electron chi connectivity index (χ0n) is 87.4. The molecule has 1 fully saturated rings. The number of hydrogen-bond donors (Lipinski definition) is 22. The number of aliphatic hydroxyl groups is 11. The van der Waals surface area contributed by atoms with Crippen LogP contribution in [0.25, 0.3) is 0 Å². The molecule has 21 atom stereocenters. The second-order valence-electron chi connectivity index (χ2n) is 38.3. The minimum Gasteiger partial charge on any atom is -0.445 e. The summed E-state index contributed by atoms with van der Waals surface area (Å²) in [6.45, 7) is 15.4. The molecule has 147 heavy (non-hydrogen) atoms. The molecule has 14 amide bonds. The molecule has 2 aromatic carbocycles. The maximum Gasteiger partial charge on any atom is 0.410 e. The highest BCUT2D eigenvalue weighted by Gasteiger charge is 2.46. The van der Waals surface area contributed by atoms with E-state index in [1.807, 2.05) is 19.9 Å². The minimum atomic E-state index is -1.95. The van der Waals surface area contributed by atoms with Gasteiger partial charge < -0.3 is 158 Å². The lowest BCUT2D eigenvalue weighted by atomic mass is 9.89. The van der Waals surface area contributed by atoms with Crippen molar-refractivity contribution in [2.24, 2.45) is 46.9 Å². The first-order valence-corrected chi connectivity index (χ1v) is 50.3. The third-order valence-corrected chi connectivity index (χ3v) is 25.7. The number of rotatable bonds is 74. The van der Waals surface area contributed by atoms with Crippen LogP contribution in [0.15, 0.2) is 78.6 Å². The van der Waals surface area contributed by atoms with Crippen LogP contribution in [0.4, 0.5) is 15.3 Å². The van der Waals surface area contributed by atoms with Gasteiger partial charge in [0.25, 0.3) is 11.8 Å². The van der Waals surface area contributed by atoms with E-state index in [1.165, 1.54) is 61.6 Å². The molecule has 0 aliphatic carbocycles. The van der Waals surface area contributed by atoms with Crippen LogP contribution in [-0.4, -0.2) is 419 Å². The van der Waals surface area contributed by atoms with Gasteiger partial charge >= 0.3 is 12.1 Å². The highest BCUT2D eigenvalue weighted by atomic mass is 16.6. The standard InChI is InChI=1S/C99H167N17O31/c1-15-62(8)85(76(141-13)50-81(127)115-41-25-30-71(115)91(142-14)63(9)92(133)105-64(10)86(128)66-26-18-16-19-27-66)111(11)97(138)83(60(4)5)110-96(137)84(61(6)7)112(12)99(140)147-57-65-32-34-68(35-33-65)106-93(134)70(29-24-39-104-98(101)139)108-95(136)82(59(2)3)109-94(135)69(107-77(123)31-20-17-23-40-116-79(125)36-37-80(116)126)28-21-22-38-103-78(124)54-114(102)51-67(100)58-146-49-48-145-47-46-144-45-44-143-43-42-113(52-72(119)87(129)89(131)74(121)55-117)53-73(120)88(130)90(132)75(122)56-118/h16,18-19,26-27,32-37,51,59-64,69-76,82-91,117-122,128-132H,15,17,20-25,28-31,38-50,52-58,100,102H2,1-14H3,(H,103,124)(H,105,133)(H,106,134)(H,107,123)(H,108,136)(H,109,135)(H,110,137)(H3,101,104,139)/b67-51-/t62-,63+,64+,69-,70-,71-,72-,73-,74+,75+,76+,82-,83-,84-,85-,86+,87+,88+,89+,90+,91+/m0/s1. The molecule has 0 radical (unpaired) electrons. The Morgan fingerprint density at radius 3 is 1.67 bits per heavy atom. The molecule has 2 aliphatic rings. The van der Waals surface area contributed by atoms with Crippen molar-refractivity contribution in [3.63, 3.8) is 0 Å². The summed E-state index contributed by atoms with van der Waals surface area (Å²) in [4.78, 5) is 185.